The zero-order valence-electron chi connectivity index (χ0n) is 10.4. The largest absolute Gasteiger partial charge is 0.447 e. The van der Waals surface area contributed by atoms with Gasteiger partial charge in [0, 0.05) is 11.6 Å². The number of rotatable bonds is 3. The summed E-state index contributed by atoms with van der Waals surface area (Å²) in [5.41, 5.74) is -0.00424. The van der Waals surface area contributed by atoms with Crippen molar-refractivity contribution in [3.05, 3.63) is 35.4 Å². The van der Waals surface area contributed by atoms with Crippen molar-refractivity contribution in [1.29, 1.82) is 0 Å². The van der Waals surface area contributed by atoms with E-state index in [4.69, 9.17) is 0 Å². The van der Waals surface area contributed by atoms with Gasteiger partial charge in [-0.2, -0.15) is 13.2 Å². The first-order valence-electron chi connectivity index (χ1n) is 5.35. The molecule has 0 amide bonds. The molecule has 0 aliphatic heterocycles. The molecule has 0 aliphatic carbocycles. The standard InChI is InChI=1S/C12H16F3NO2/c1-8(16(2)3)9-5-4-6-10(7-9)11(17,18)12(13,14)15/h4-8,17-18H,1-3H3/t8-/m0/s1. The Hall–Kier alpha value is -1.11. The van der Waals surface area contributed by atoms with Crippen LogP contribution < -0.4 is 0 Å². The van der Waals surface area contributed by atoms with E-state index < -0.39 is 17.5 Å². The minimum atomic E-state index is -5.13. The van der Waals surface area contributed by atoms with Gasteiger partial charge in [0.25, 0.3) is 5.79 Å². The van der Waals surface area contributed by atoms with Crippen molar-refractivity contribution >= 4 is 0 Å². The summed E-state index contributed by atoms with van der Waals surface area (Å²) in [7, 11) is 3.57. The van der Waals surface area contributed by atoms with Crippen LogP contribution in [0.1, 0.15) is 24.1 Å². The van der Waals surface area contributed by atoms with Gasteiger partial charge in [-0.1, -0.05) is 18.2 Å². The van der Waals surface area contributed by atoms with E-state index in [0.29, 0.717) is 5.56 Å². The van der Waals surface area contributed by atoms with E-state index in [1.165, 1.54) is 6.07 Å². The average Bonchev–Trinajstić information content (AvgIpc) is 2.26. The minimum Gasteiger partial charge on any atom is -0.355 e. The number of benzene rings is 1. The van der Waals surface area contributed by atoms with E-state index in [1.807, 2.05) is 11.8 Å². The van der Waals surface area contributed by atoms with Crippen LogP contribution >= 0.6 is 0 Å². The lowest BCUT2D eigenvalue weighted by molar-refractivity contribution is -0.358. The highest BCUT2D eigenvalue weighted by Crippen LogP contribution is 2.37. The van der Waals surface area contributed by atoms with Crippen LogP contribution in [0, 0.1) is 0 Å². The summed E-state index contributed by atoms with van der Waals surface area (Å²) in [6, 6.07) is 5.07. The number of halogens is 3. The van der Waals surface area contributed by atoms with Crippen LogP contribution in [0.15, 0.2) is 24.3 Å². The first kappa shape index (κ1) is 14.9. The van der Waals surface area contributed by atoms with Gasteiger partial charge in [-0.25, -0.2) is 0 Å². The van der Waals surface area contributed by atoms with Crippen molar-refractivity contribution < 1.29 is 23.4 Å². The lowest BCUT2D eigenvalue weighted by atomic mass is 9.99. The van der Waals surface area contributed by atoms with Gasteiger partial charge in [0.2, 0.25) is 0 Å². The Morgan fingerprint density at radius 2 is 1.72 bits per heavy atom. The van der Waals surface area contributed by atoms with Crippen LogP contribution in [-0.2, 0) is 5.79 Å². The van der Waals surface area contributed by atoms with Crippen LogP contribution in [0.2, 0.25) is 0 Å². The topological polar surface area (TPSA) is 43.7 Å². The van der Waals surface area contributed by atoms with E-state index in [1.54, 1.807) is 20.2 Å². The van der Waals surface area contributed by atoms with Crippen molar-refractivity contribution in [2.45, 2.75) is 24.9 Å². The molecule has 1 aromatic rings. The predicted molar refractivity (Wildman–Crippen MR) is 60.7 cm³/mol. The summed E-state index contributed by atoms with van der Waals surface area (Å²) in [4.78, 5) is 1.81. The lowest BCUT2D eigenvalue weighted by Gasteiger charge is -2.27. The molecule has 0 saturated heterocycles. The number of nitrogens with zero attached hydrogens (tertiary/aromatic N) is 1. The number of hydrogen-bond donors (Lipinski definition) is 2. The number of alkyl halides is 3. The molecule has 0 spiro atoms. The molecular weight excluding hydrogens is 247 g/mol. The molecule has 0 bridgehead atoms. The molecule has 0 fully saturated rings. The molecule has 1 rings (SSSR count). The third-order valence-electron chi connectivity index (χ3n) is 2.94. The summed E-state index contributed by atoms with van der Waals surface area (Å²) in [6.07, 6.45) is -5.13. The first-order chi connectivity index (χ1) is 8.07. The molecule has 0 unspecified atom stereocenters. The smallest absolute Gasteiger partial charge is 0.355 e. The van der Waals surface area contributed by atoms with Gasteiger partial charge >= 0.3 is 6.18 Å². The fraction of sp³-hybridized carbons (Fsp3) is 0.500. The Morgan fingerprint density at radius 1 is 1.17 bits per heavy atom. The molecule has 6 heteroatoms. The third-order valence-corrected chi connectivity index (χ3v) is 2.94. The molecule has 1 aromatic carbocycles. The molecule has 0 aromatic heterocycles. The Kier molecular flexibility index (Phi) is 4.05. The summed E-state index contributed by atoms with van der Waals surface area (Å²) < 4.78 is 37.5. The molecule has 3 nitrogen and oxygen atoms in total. The first-order valence-corrected chi connectivity index (χ1v) is 5.35. The Balaban J connectivity index is 3.17. The fourth-order valence-corrected chi connectivity index (χ4v) is 1.48. The lowest BCUT2D eigenvalue weighted by Crippen LogP contribution is -2.42. The Labute approximate surface area is 103 Å². The maximum atomic E-state index is 12.5. The predicted octanol–water partition coefficient (Wildman–Crippen LogP) is 2.01. The molecule has 0 radical (unpaired) electrons. The van der Waals surface area contributed by atoms with Crippen molar-refractivity contribution in [2.75, 3.05) is 14.1 Å². The second-order valence-corrected chi connectivity index (χ2v) is 4.44. The molecule has 0 saturated carbocycles. The van der Waals surface area contributed by atoms with Gasteiger partial charge in [0.15, 0.2) is 0 Å². The van der Waals surface area contributed by atoms with Gasteiger partial charge in [0.05, 0.1) is 0 Å². The Morgan fingerprint density at radius 3 is 2.17 bits per heavy atom. The molecule has 2 N–H and O–H groups in total. The highest BCUT2D eigenvalue weighted by atomic mass is 19.4. The van der Waals surface area contributed by atoms with E-state index >= 15 is 0 Å². The van der Waals surface area contributed by atoms with Crippen LogP contribution in [0.3, 0.4) is 0 Å². The molecule has 1 atom stereocenters. The maximum Gasteiger partial charge on any atom is 0.447 e. The molecule has 102 valence electrons. The van der Waals surface area contributed by atoms with Gasteiger partial charge in [0.1, 0.15) is 0 Å². The second kappa shape index (κ2) is 4.87. The van der Waals surface area contributed by atoms with E-state index in [2.05, 4.69) is 0 Å². The molecule has 0 aliphatic rings. The fourth-order valence-electron chi connectivity index (χ4n) is 1.48. The normalized spacial score (nSPS) is 14.9. The van der Waals surface area contributed by atoms with Gasteiger partial charge in [-0.05, 0) is 32.6 Å². The number of aliphatic hydroxyl groups is 2. The minimum absolute atomic E-state index is 0.131. The van der Waals surface area contributed by atoms with E-state index in [0.717, 1.165) is 12.1 Å². The van der Waals surface area contributed by atoms with Gasteiger partial charge in [-0.3, -0.25) is 0 Å². The average molecular weight is 263 g/mol. The summed E-state index contributed by atoms with van der Waals surface area (Å²) in [5, 5.41) is 18.4. The van der Waals surface area contributed by atoms with Crippen LogP contribution in [0.25, 0.3) is 0 Å². The van der Waals surface area contributed by atoms with E-state index in [9.17, 15) is 23.4 Å². The highest BCUT2D eigenvalue weighted by Gasteiger charge is 2.54. The monoisotopic (exact) mass is 263 g/mol. The van der Waals surface area contributed by atoms with Gasteiger partial charge in [-0.15, -0.1) is 0 Å². The van der Waals surface area contributed by atoms with E-state index in [-0.39, 0.29) is 6.04 Å². The Bertz CT molecular complexity index is 416. The summed E-state index contributed by atoms with van der Waals surface area (Å²) in [6.45, 7) is 1.81. The zero-order chi connectivity index (χ0) is 14.1. The second-order valence-electron chi connectivity index (χ2n) is 4.44. The summed E-state index contributed by atoms with van der Waals surface area (Å²) in [5.74, 6) is -3.82. The highest BCUT2D eigenvalue weighted by molar-refractivity contribution is 5.29. The van der Waals surface area contributed by atoms with Crippen molar-refractivity contribution in [3.63, 3.8) is 0 Å². The molecule has 0 heterocycles. The van der Waals surface area contributed by atoms with Crippen LogP contribution in [-0.4, -0.2) is 35.4 Å². The quantitative estimate of drug-likeness (QED) is 0.820. The SMILES string of the molecule is C[C@@H](c1cccc(C(O)(O)C(F)(F)F)c1)N(C)C. The summed E-state index contributed by atoms with van der Waals surface area (Å²) >= 11 is 0. The number of hydrogen-bond acceptors (Lipinski definition) is 3. The van der Waals surface area contributed by atoms with Crippen LogP contribution in [0.5, 0.6) is 0 Å². The van der Waals surface area contributed by atoms with Crippen molar-refractivity contribution in [1.82, 2.24) is 4.90 Å². The van der Waals surface area contributed by atoms with Crippen molar-refractivity contribution in [3.8, 4) is 0 Å². The molecule has 18 heavy (non-hydrogen) atoms. The maximum absolute atomic E-state index is 12.5. The van der Waals surface area contributed by atoms with Crippen LogP contribution in [0.4, 0.5) is 13.2 Å². The molecular formula is C12H16F3NO2. The van der Waals surface area contributed by atoms with Gasteiger partial charge < -0.3 is 15.1 Å². The zero-order valence-corrected chi connectivity index (χ0v) is 10.4. The third kappa shape index (κ3) is 2.82. The van der Waals surface area contributed by atoms with Crippen molar-refractivity contribution in [2.24, 2.45) is 0 Å².